The average molecular weight is 262 g/mol. The van der Waals surface area contributed by atoms with Crippen LogP contribution < -0.4 is 10.4 Å². The van der Waals surface area contributed by atoms with Crippen LogP contribution >= 0.6 is 0 Å². The van der Waals surface area contributed by atoms with Gasteiger partial charge in [0.1, 0.15) is 0 Å². The molecule has 0 aliphatic heterocycles. The lowest BCUT2D eigenvalue weighted by Crippen LogP contribution is -2.36. The van der Waals surface area contributed by atoms with Crippen LogP contribution in [0.4, 0.5) is 0 Å². The van der Waals surface area contributed by atoms with Crippen molar-refractivity contribution in [3.05, 3.63) is 58.5 Å². The molecule has 1 aromatic rings. The Morgan fingerprint density at radius 3 is 2.80 bits per heavy atom. The van der Waals surface area contributed by atoms with Crippen molar-refractivity contribution in [1.29, 1.82) is 0 Å². The topological polar surface area (TPSA) is 0 Å². The van der Waals surface area contributed by atoms with Crippen molar-refractivity contribution in [2.45, 2.75) is 37.5 Å². The van der Waals surface area contributed by atoms with Crippen molar-refractivity contribution in [3.8, 4) is 0 Å². The van der Waals surface area contributed by atoms with Gasteiger partial charge in [0.15, 0.2) is 0 Å². The van der Waals surface area contributed by atoms with Gasteiger partial charge in [-0.15, -0.1) is 5.73 Å². The first kappa shape index (κ1) is 12.0. The second-order valence-corrected chi connectivity index (χ2v) is 6.53. The number of allylic oxidation sites excluding steroid dienone is 3. The summed E-state index contributed by atoms with van der Waals surface area (Å²) >= 11 is 0. The van der Waals surface area contributed by atoms with Gasteiger partial charge in [-0.05, 0) is 78.0 Å². The summed E-state index contributed by atoms with van der Waals surface area (Å²) in [6, 6.07) is 4.61. The molecule has 4 rings (SSSR count). The van der Waals surface area contributed by atoms with Crippen molar-refractivity contribution in [2.75, 3.05) is 0 Å². The van der Waals surface area contributed by atoms with E-state index in [4.69, 9.17) is 0 Å². The Balaban J connectivity index is 0.00000132. The number of fused-ring (bicyclic) bond motifs is 3. The van der Waals surface area contributed by atoms with Gasteiger partial charge in [0.25, 0.3) is 0 Å². The predicted octanol–water partition coefficient (Wildman–Crippen LogP) is 3.69. The molecule has 2 saturated carbocycles. The minimum Gasteiger partial charge on any atom is -0.112 e. The molecule has 0 spiro atoms. The molecule has 2 fully saturated rings. The van der Waals surface area contributed by atoms with Gasteiger partial charge in [-0.1, -0.05) is 30.9 Å². The van der Waals surface area contributed by atoms with E-state index in [1.165, 1.54) is 53.7 Å². The Hall–Kier alpha value is -1.78. The molecular weight excluding hydrogens is 240 g/mol. The molecule has 3 aliphatic carbocycles. The highest BCUT2D eigenvalue weighted by Crippen LogP contribution is 2.54. The van der Waals surface area contributed by atoms with E-state index in [1.807, 2.05) is 6.08 Å². The fourth-order valence-electron chi connectivity index (χ4n) is 4.43. The third-order valence-corrected chi connectivity index (χ3v) is 5.45. The number of rotatable bonds is 2. The predicted molar refractivity (Wildman–Crippen MR) is 87.7 cm³/mol. The first-order valence-electron chi connectivity index (χ1n) is 7.71. The van der Waals surface area contributed by atoms with Gasteiger partial charge >= 0.3 is 0 Å². The van der Waals surface area contributed by atoms with E-state index >= 15 is 0 Å². The van der Waals surface area contributed by atoms with E-state index < -0.39 is 0 Å². The summed E-state index contributed by atoms with van der Waals surface area (Å²) in [4.78, 5) is 0. The van der Waals surface area contributed by atoms with Crippen molar-refractivity contribution in [3.63, 3.8) is 0 Å². The molecule has 1 aromatic carbocycles. The van der Waals surface area contributed by atoms with Crippen molar-refractivity contribution in [1.82, 2.24) is 0 Å². The van der Waals surface area contributed by atoms with Gasteiger partial charge in [-0.3, -0.25) is 0 Å². The summed E-state index contributed by atoms with van der Waals surface area (Å²) in [5.41, 5.74) is 6.72. The Bertz CT molecular complexity index is 752. The highest BCUT2D eigenvalue weighted by Gasteiger charge is 2.46. The summed E-state index contributed by atoms with van der Waals surface area (Å²) in [6.45, 7) is 3.97. The van der Waals surface area contributed by atoms with Crippen LogP contribution in [0.25, 0.3) is 17.9 Å². The Morgan fingerprint density at radius 2 is 2.10 bits per heavy atom. The second kappa shape index (κ2) is 4.36. The Kier molecular flexibility index (Phi) is 2.62. The lowest BCUT2D eigenvalue weighted by molar-refractivity contribution is 0.417. The quantitative estimate of drug-likeness (QED) is 0.762. The molecule has 0 atom stereocenters. The molecule has 0 heterocycles. The highest BCUT2D eigenvalue weighted by molar-refractivity contribution is 5.56. The van der Waals surface area contributed by atoms with Gasteiger partial charge in [0, 0.05) is 6.65 Å². The minimum absolute atomic E-state index is 0. The number of hydrogen-bond acceptors (Lipinski definition) is 0. The van der Waals surface area contributed by atoms with Crippen LogP contribution in [0.5, 0.6) is 0 Å². The highest BCUT2D eigenvalue weighted by atomic mass is 14.5. The van der Waals surface area contributed by atoms with Gasteiger partial charge in [0.05, 0.1) is 0 Å². The zero-order chi connectivity index (χ0) is 13.6. The SMILES string of the molecule is C=Cc1cc(C23CCC(CC2)C3)c2c(c1)=CC=CC=C=2.[HH]. The zero-order valence-corrected chi connectivity index (χ0v) is 11.9. The molecular formula is C20H22. The maximum Gasteiger partial charge on any atom is 0.0275 e. The zero-order valence-electron chi connectivity index (χ0n) is 11.9. The fourth-order valence-corrected chi connectivity index (χ4v) is 4.43. The molecule has 2 bridgehead atoms. The first-order valence-corrected chi connectivity index (χ1v) is 7.71. The molecule has 0 saturated heterocycles. The molecule has 0 nitrogen and oxygen atoms in total. The van der Waals surface area contributed by atoms with Crippen molar-refractivity contribution in [2.24, 2.45) is 5.92 Å². The van der Waals surface area contributed by atoms with Crippen LogP contribution in [-0.4, -0.2) is 0 Å². The average Bonchev–Trinajstić information content (AvgIpc) is 3.01. The largest absolute Gasteiger partial charge is 0.112 e. The van der Waals surface area contributed by atoms with Gasteiger partial charge < -0.3 is 0 Å². The van der Waals surface area contributed by atoms with E-state index in [1.54, 1.807) is 0 Å². The molecule has 0 N–H and O–H groups in total. The second-order valence-electron chi connectivity index (χ2n) is 6.53. The smallest absolute Gasteiger partial charge is 0.0275 e. The molecule has 0 unspecified atom stereocenters. The molecule has 0 heteroatoms. The summed E-state index contributed by atoms with van der Waals surface area (Å²) in [5, 5.41) is 2.62. The minimum atomic E-state index is 0. The lowest BCUT2D eigenvalue weighted by Gasteiger charge is -2.28. The van der Waals surface area contributed by atoms with Crippen LogP contribution in [0.15, 0.2) is 36.9 Å². The van der Waals surface area contributed by atoms with Crippen LogP contribution in [-0.2, 0) is 5.41 Å². The van der Waals surface area contributed by atoms with E-state index in [9.17, 15) is 0 Å². The van der Waals surface area contributed by atoms with E-state index in [0.717, 1.165) is 5.92 Å². The van der Waals surface area contributed by atoms with Gasteiger partial charge in [-0.2, -0.15) is 0 Å². The molecule has 3 aliphatic rings. The summed E-state index contributed by atoms with van der Waals surface area (Å²) in [7, 11) is 0. The number of benzene rings is 1. The molecule has 20 heavy (non-hydrogen) atoms. The third-order valence-electron chi connectivity index (χ3n) is 5.45. The van der Waals surface area contributed by atoms with Crippen LogP contribution in [0, 0.1) is 5.92 Å². The standard InChI is InChI=1S/C20H20.H2/c1-2-15-12-17-6-4-3-5-7-18(17)19(13-15)20-10-8-16(14-20)9-11-20;/h2-6,12-13,16H,1,8-11,14H2;1H. The van der Waals surface area contributed by atoms with E-state index in [0.29, 0.717) is 5.41 Å². The van der Waals surface area contributed by atoms with Crippen molar-refractivity contribution < 1.29 is 1.43 Å². The van der Waals surface area contributed by atoms with Crippen molar-refractivity contribution >= 4 is 17.9 Å². The monoisotopic (exact) mass is 262 g/mol. The van der Waals surface area contributed by atoms with Gasteiger partial charge in [-0.25, -0.2) is 0 Å². The van der Waals surface area contributed by atoms with Crippen LogP contribution in [0.2, 0.25) is 0 Å². The fraction of sp³-hybridized carbons (Fsp3) is 0.350. The first-order chi connectivity index (χ1) is 9.81. The Morgan fingerprint density at radius 1 is 1.25 bits per heavy atom. The Labute approximate surface area is 122 Å². The van der Waals surface area contributed by atoms with E-state index in [-0.39, 0.29) is 1.43 Å². The lowest BCUT2D eigenvalue weighted by atomic mass is 9.76. The van der Waals surface area contributed by atoms with Crippen LogP contribution in [0.1, 0.15) is 44.7 Å². The molecule has 0 amide bonds. The van der Waals surface area contributed by atoms with E-state index in [2.05, 4.69) is 48.7 Å². The van der Waals surface area contributed by atoms with Crippen LogP contribution in [0.3, 0.4) is 0 Å². The summed E-state index contributed by atoms with van der Waals surface area (Å²) in [5.74, 6) is 0.967. The summed E-state index contributed by atoms with van der Waals surface area (Å²) in [6.07, 6.45) is 17.4. The molecule has 0 radical (unpaired) electrons. The van der Waals surface area contributed by atoms with Gasteiger partial charge in [0.2, 0.25) is 0 Å². The molecule has 102 valence electrons. The maximum atomic E-state index is 3.97. The third kappa shape index (κ3) is 1.69. The number of hydrogen-bond donors (Lipinski definition) is 0. The summed E-state index contributed by atoms with van der Waals surface area (Å²) < 4.78 is 0. The maximum absolute atomic E-state index is 3.97. The molecule has 0 aromatic heterocycles. The normalized spacial score (nSPS) is 29.5.